The molecular formula is C35H70. The van der Waals surface area contributed by atoms with Crippen molar-refractivity contribution in [3.63, 3.8) is 0 Å². The van der Waals surface area contributed by atoms with Crippen molar-refractivity contribution < 1.29 is 0 Å². The van der Waals surface area contributed by atoms with E-state index in [-0.39, 0.29) is 0 Å². The van der Waals surface area contributed by atoms with Crippen LogP contribution in [0.1, 0.15) is 206 Å². The van der Waals surface area contributed by atoms with E-state index in [2.05, 4.69) is 26.5 Å². The second-order valence-corrected chi connectivity index (χ2v) is 11.8. The van der Waals surface area contributed by atoms with Gasteiger partial charge >= 0.3 is 0 Å². The molecule has 0 aromatic heterocycles. The standard InChI is InChI=1S/C35H70/c1-4-7-9-11-13-15-17-18-19-20-21-23-25-27-29-31-34-35(32-6-3)33-30-28-26-24-22-16-14-12-10-8-5-2/h6,35H,3-5,7-34H2,1-2H3. The van der Waals surface area contributed by atoms with Crippen LogP contribution in [0, 0.1) is 5.92 Å². The van der Waals surface area contributed by atoms with E-state index >= 15 is 0 Å². The van der Waals surface area contributed by atoms with Gasteiger partial charge in [-0.1, -0.05) is 206 Å². The quantitative estimate of drug-likeness (QED) is 0.0669. The van der Waals surface area contributed by atoms with Crippen molar-refractivity contribution in [1.82, 2.24) is 0 Å². The minimum absolute atomic E-state index is 0.915. The van der Waals surface area contributed by atoms with Crippen LogP contribution in [0.5, 0.6) is 0 Å². The molecule has 0 aliphatic rings. The second kappa shape index (κ2) is 31.8. The summed E-state index contributed by atoms with van der Waals surface area (Å²) in [6.07, 6.45) is 45.8. The molecule has 0 spiro atoms. The Bertz CT molecular complexity index is 370. The predicted molar refractivity (Wildman–Crippen MR) is 164 cm³/mol. The van der Waals surface area contributed by atoms with Crippen LogP contribution in [0.3, 0.4) is 0 Å². The first-order chi connectivity index (χ1) is 17.3. The van der Waals surface area contributed by atoms with Crippen LogP contribution in [0.15, 0.2) is 12.7 Å². The van der Waals surface area contributed by atoms with Crippen molar-refractivity contribution >= 4 is 0 Å². The smallest absolute Gasteiger partial charge is 0.0325 e. The second-order valence-electron chi connectivity index (χ2n) is 11.8. The third-order valence-corrected chi connectivity index (χ3v) is 8.18. The highest BCUT2D eigenvalue weighted by molar-refractivity contribution is 4.73. The minimum Gasteiger partial charge on any atom is -0.103 e. The maximum atomic E-state index is 4.03. The summed E-state index contributed by atoms with van der Waals surface area (Å²) in [4.78, 5) is 0. The lowest BCUT2D eigenvalue weighted by molar-refractivity contribution is 0.405. The van der Waals surface area contributed by atoms with Crippen LogP contribution in [0.4, 0.5) is 0 Å². The molecule has 35 heavy (non-hydrogen) atoms. The fourth-order valence-corrected chi connectivity index (χ4v) is 5.69. The molecule has 1 atom stereocenters. The third kappa shape index (κ3) is 29.9. The molecule has 1 unspecified atom stereocenters. The molecule has 0 N–H and O–H groups in total. The zero-order valence-corrected chi connectivity index (χ0v) is 25.1. The predicted octanol–water partition coefficient (Wildman–Crippen LogP) is 13.5. The average molecular weight is 491 g/mol. The zero-order chi connectivity index (χ0) is 25.5. The van der Waals surface area contributed by atoms with Crippen molar-refractivity contribution in [2.45, 2.75) is 206 Å². The van der Waals surface area contributed by atoms with Gasteiger partial charge in [0.15, 0.2) is 0 Å². The average Bonchev–Trinajstić information content (AvgIpc) is 2.86. The van der Waals surface area contributed by atoms with Gasteiger partial charge in [-0.3, -0.25) is 0 Å². The Morgan fingerprint density at radius 2 is 0.600 bits per heavy atom. The maximum Gasteiger partial charge on any atom is -0.0325 e. The molecule has 0 fully saturated rings. The normalized spacial score (nSPS) is 12.3. The van der Waals surface area contributed by atoms with Gasteiger partial charge in [-0.05, 0) is 12.3 Å². The fraction of sp³-hybridized carbons (Fsp3) is 0.943. The van der Waals surface area contributed by atoms with Crippen LogP contribution >= 0.6 is 0 Å². The van der Waals surface area contributed by atoms with Crippen LogP contribution < -0.4 is 0 Å². The molecule has 0 aliphatic carbocycles. The summed E-state index contributed by atoms with van der Waals surface area (Å²) in [6.45, 7) is 8.64. The number of hydrogen-bond donors (Lipinski definition) is 0. The molecule has 0 radical (unpaired) electrons. The summed E-state index contributed by atoms with van der Waals surface area (Å²) in [5.41, 5.74) is 0. The van der Waals surface area contributed by atoms with Crippen molar-refractivity contribution in [3.05, 3.63) is 12.7 Å². The van der Waals surface area contributed by atoms with E-state index < -0.39 is 0 Å². The van der Waals surface area contributed by atoms with E-state index in [1.165, 1.54) is 193 Å². The Kier molecular flexibility index (Phi) is 31.5. The van der Waals surface area contributed by atoms with Crippen LogP contribution in [-0.2, 0) is 0 Å². The highest BCUT2D eigenvalue weighted by atomic mass is 14.1. The third-order valence-electron chi connectivity index (χ3n) is 8.18. The molecule has 0 saturated heterocycles. The fourth-order valence-electron chi connectivity index (χ4n) is 5.69. The van der Waals surface area contributed by atoms with Gasteiger partial charge in [-0.15, -0.1) is 6.58 Å². The number of hydrogen-bond acceptors (Lipinski definition) is 0. The Hall–Kier alpha value is -0.260. The van der Waals surface area contributed by atoms with Crippen molar-refractivity contribution in [3.8, 4) is 0 Å². The van der Waals surface area contributed by atoms with Gasteiger partial charge < -0.3 is 0 Å². The first kappa shape index (κ1) is 34.7. The molecule has 0 aliphatic heterocycles. The molecule has 0 bridgehead atoms. The summed E-state index contributed by atoms with van der Waals surface area (Å²) < 4.78 is 0. The zero-order valence-electron chi connectivity index (χ0n) is 25.1. The van der Waals surface area contributed by atoms with E-state index in [9.17, 15) is 0 Å². The van der Waals surface area contributed by atoms with Crippen molar-refractivity contribution in [2.24, 2.45) is 5.92 Å². The van der Waals surface area contributed by atoms with Gasteiger partial charge in [0.1, 0.15) is 0 Å². The van der Waals surface area contributed by atoms with Gasteiger partial charge in [0.2, 0.25) is 0 Å². The van der Waals surface area contributed by atoms with E-state index in [0.717, 1.165) is 5.92 Å². The summed E-state index contributed by atoms with van der Waals surface area (Å²) in [5, 5.41) is 0. The molecule has 0 aromatic carbocycles. The lowest BCUT2D eigenvalue weighted by Crippen LogP contribution is -1.99. The van der Waals surface area contributed by atoms with Gasteiger partial charge in [-0.25, -0.2) is 0 Å². The molecule has 210 valence electrons. The Balaban J connectivity index is 3.36. The first-order valence-electron chi connectivity index (χ1n) is 17.0. The Morgan fingerprint density at radius 3 is 0.829 bits per heavy atom. The van der Waals surface area contributed by atoms with Gasteiger partial charge in [0.25, 0.3) is 0 Å². The summed E-state index contributed by atoms with van der Waals surface area (Å²) in [7, 11) is 0. The molecule has 0 rings (SSSR count). The van der Waals surface area contributed by atoms with E-state index in [1.54, 1.807) is 0 Å². The molecule has 0 nitrogen and oxygen atoms in total. The Morgan fingerprint density at radius 1 is 0.371 bits per heavy atom. The molecule has 0 saturated carbocycles. The van der Waals surface area contributed by atoms with Crippen LogP contribution in [-0.4, -0.2) is 0 Å². The SMILES string of the molecule is C=CCC(CCCCCCCCCCCCC)CCCCCCCCCCCCCCCCCC. The van der Waals surface area contributed by atoms with Gasteiger partial charge in [0, 0.05) is 0 Å². The highest BCUT2D eigenvalue weighted by Gasteiger charge is 2.07. The Labute approximate surface area is 224 Å². The first-order valence-corrected chi connectivity index (χ1v) is 17.0. The summed E-state index contributed by atoms with van der Waals surface area (Å²) in [6, 6.07) is 0. The number of unbranched alkanes of at least 4 members (excludes halogenated alkanes) is 25. The molecule has 0 amide bonds. The summed E-state index contributed by atoms with van der Waals surface area (Å²) >= 11 is 0. The largest absolute Gasteiger partial charge is 0.103 e. The van der Waals surface area contributed by atoms with E-state index in [1.807, 2.05) is 0 Å². The topological polar surface area (TPSA) is 0 Å². The molecular weight excluding hydrogens is 420 g/mol. The van der Waals surface area contributed by atoms with Crippen LogP contribution in [0.2, 0.25) is 0 Å². The highest BCUT2D eigenvalue weighted by Crippen LogP contribution is 2.23. The van der Waals surface area contributed by atoms with Gasteiger partial charge in [0.05, 0.1) is 0 Å². The maximum absolute atomic E-state index is 4.03. The van der Waals surface area contributed by atoms with Crippen molar-refractivity contribution in [1.29, 1.82) is 0 Å². The molecule has 0 aromatic rings. The lowest BCUT2D eigenvalue weighted by atomic mass is 9.91. The van der Waals surface area contributed by atoms with E-state index in [4.69, 9.17) is 0 Å². The summed E-state index contributed by atoms with van der Waals surface area (Å²) in [5.74, 6) is 0.915. The number of rotatable bonds is 31. The lowest BCUT2D eigenvalue weighted by Gasteiger charge is -2.15. The minimum atomic E-state index is 0.915. The molecule has 0 heteroatoms. The van der Waals surface area contributed by atoms with E-state index in [0.29, 0.717) is 0 Å². The van der Waals surface area contributed by atoms with Crippen molar-refractivity contribution in [2.75, 3.05) is 0 Å². The monoisotopic (exact) mass is 491 g/mol. The van der Waals surface area contributed by atoms with Crippen LogP contribution in [0.25, 0.3) is 0 Å². The number of allylic oxidation sites excluding steroid dienone is 1. The van der Waals surface area contributed by atoms with Gasteiger partial charge in [-0.2, -0.15) is 0 Å². The molecule has 0 heterocycles.